The van der Waals surface area contributed by atoms with Crippen LogP contribution in [0, 0.1) is 12.7 Å². The molecule has 2 saturated heterocycles. The van der Waals surface area contributed by atoms with Crippen molar-refractivity contribution in [3.05, 3.63) is 65.5 Å². The Hall–Kier alpha value is -2.44. The zero-order chi connectivity index (χ0) is 20.2. The molecule has 2 aromatic rings. The number of rotatable bonds is 4. The van der Waals surface area contributed by atoms with E-state index in [0.717, 1.165) is 49.5 Å². The maximum absolute atomic E-state index is 13.1. The van der Waals surface area contributed by atoms with E-state index in [1.54, 1.807) is 0 Å². The van der Waals surface area contributed by atoms with Crippen LogP contribution >= 0.6 is 0 Å². The van der Waals surface area contributed by atoms with Gasteiger partial charge < -0.3 is 14.5 Å². The number of nitrogens with zero attached hydrogens (tertiary/aromatic N) is 3. The van der Waals surface area contributed by atoms with E-state index < -0.39 is 0 Å². The number of anilines is 1. The molecule has 1 unspecified atom stereocenters. The lowest BCUT2D eigenvalue weighted by Gasteiger charge is -2.40. The van der Waals surface area contributed by atoms with Crippen LogP contribution in [0.4, 0.5) is 10.1 Å². The highest BCUT2D eigenvalue weighted by Gasteiger charge is 2.28. The van der Waals surface area contributed by atoms with Crippen LogP contribution in [-0.4, -0.2) is 74.2 Å². The van der Waals surface area contributed by atoms with Crippen molar-refractivity contribution in [1.82, 2.24) is 9.80 Å². The summed E-state index contributed by atoms with van der Waals surface area (Å²) in [6.45, 7) is 8.38. The van der Waals surface area contributed by atoms with Crippen LogP contribution in [0.5, 0.6) is 0 Å². The summed E-state index contributed by atoms with van der Waals surface area (Å²) in [5.41, 5.74) is 2.96. The number of morpholine rings is 1. The number of hydrogen-bond acceptors (Lipinski definition) is 4. The standard InChI is InChI=1S/C23H28FN3O2/c1-18-2-4-19(5-3-18)23(28)27-14-15-29-22(17-27)16-25-10-12-26(13-11-25)21-8-6-20(24)7-9-21/h2-9,22H,10-17H2,1H3. The lowest BCUT2D eigenvalue weighted by atomic mass is 10.1. The van der Waals surface area contributed by atoms with E-state index in [1.165, 1.54) is 12.1 Å². The Balaban J connectivity index is 1.28. The van der Waals surface area contributed by atoms with Gasteiger partial charge in [0, 0.05) is 57.1 Å². The van der Waals surface area contributed by atoms with Gasteiger partial charge >= 0.3 is 0 Å². The fourth-order valence-corrected chi connectivity index (χ4v) is 4.02. The quantitative estimate of drug-likeness (QED) is 0.795. The van der Waals surface area contributed by atoms with Crippen molar-refractivity contribution in [2.24, 2.45) is 0 Å². The smallest absolute Gasteiger partial charge is 0.254 e. The molecule has 2 heterocycles. The van der Waals surface area contributed by atoms with Gasteiger partial charge in [-0.3, -0.25) is 9.69 Å². The van der Waals surface area contributed by atoms with Crippen LogP contribution in [0.2, 0.25) is 0 Å². The number of carbonyl (C=O) groups excluding carboxylic acids is 1. The number of aryl methyl sites for hydroxylation is 1. The van der Waals surface area contributed by atoms with Crippen LogP contribution in [0.3, 0.4) is 0 Å². The summed E-state index contributed by atoms with van der Waals surface area (Å²) in [5, 5.41) is 0. The van der Waals surface area contributed by atoms with E-state index in [1.807, 2.05) is 48.2 Å². The molecule has 154 valence electrons. The third-order valence-electron chi connectivity index (χ3n) is 5.75. The highest BCUT2D eigenvalue weighted by atomic mass is 19.1. The van der Waals surface area contributed by atoms with Crippen molar-refractivity contribution < 1.29 is 13.9 Å². The van der Waals surface area contributed by atoms with E-state index in [2.05, 4.69) is 9.80 Å². The normalized spacial score (nSPS) is 20.7. The first-order chi connectivity index (χ1) is 14.1. The summed E-state index contributed by atoms with van der Waals surface area (Å²) in [5.74, 6) is -0.119. The minimum atomic E-state index is -0.202. The molecule has 0 aliphatic carbocycles. The molecule has 2 fully saturated rings. The fraction of sp³-hybridized carbons (Fsp3) is 0.435. The highest BCUT2D eigenvalue weighted by molar-refractivity contribution is 5.94. The van der Waals surface area contributed by atoms with Crippen molar-refractivity contribution in [3.8, 4) is 0 Å². The fourth-order valence-electron chi connectivity index (χ4n) is 4.02. The largest absolute Gasteiger partial charge is 0.373 e. The number of halogens is 1. The Morgan fingerprint density at radius 2 is 1.69 bits per heavy atom. The lowest BCUT2D eigenvalue weighted by Crippen LogP contribution is -2.53. The van der Waals surface area contributed by atoms with Gasteiger partial charge in [0.15, 0.2) is 0 Å². The molecule has 2 aliphatic heterocycles. The number of piperazine rings is 1. The van der Waals surface area contributed by atoms with Gasteiger partial charge in [0.05, 0.1) is 12.7 Å². The minimum Gasteiger partial charge on any atom is -0.373 e. The maximum atomic E-state index is 13.1. The van der Waals surface area contributed by atoms with Gasteiger partial charge in [0.25, 0.3) is 5.91 Å². The van der Waals surface area contributed by atoms with Crippen molar-refractivity contribution in [1.29, 1.82) is 0 Å². The molecule has 6 heteroatoms. The molecule has 0 N–H and O–H groups in total. The van der Waals surface area contributed by atoms with Crippen molar-refractivity contribution >= 4 is 11.6 Å². The molecule has 0 radical (unpaired) electrons. The molecule has 4 rings (SSSR count). The Morgan fingerprint density at radius 1 is 1.00 bits per heavy atom. The van der Waals surface area contributed by atoms with Crippen molar-refractivity contribution in [2.45, 2.75) is 13.0 Å². The summed E-state index contributed by atoms with van der Waals surface area (Å²) in [7, 11) is 0. The molecule has 29 heavy (non-hydrogen) atoms. The van der Waals surface area contributed by atoms with Gasteiger partial charge in [-0.15, -0.1) is 0 Å². The van der Waals surface area contributed by atoms with Crippen LogP contribution in [0.15, 0.2) is 48.5 Å². The Kier molecular flexibility index (Phi) is 6.11. The maximum Gasteiger partial charge on any atom is 0.254 e. The average Bonchev–Trinajstić information content (AvgIpc) is 2.75. The highest BCUT2D eigenvalue weighted by Crippen LogP contribution is 2.18. The van der Waals surface area contributed by atoms with E-state index in [-0.39, 0.29) is 17.8 Å². The molecule has 0 spiro atoms. The van der Waals surface area contributed by atoms with E-state index >= 15 is 0 Å². The number of carbonyl (C=O) groups is 1. The Labute approximate surface area is 171 Å². The van der Waals surface area contributed by atoms with E-state index in [4.69, 9.17) is 4.74 Å². The lowest BCUT2D eigenvalue weighted by molar-refractivity contribution is -0.0363. The number of amides is 1. The van der Waals surface area contributed by atoms with Crippen molar-refractivity contribution in [3.63, 3.8) is 0 Å². The molecule has 0 saturated carbocycles. The summed E-state index contributed by atoms with van der Waals surface area (Å²) < 4.78 is 19.1. The first kappa shape index (κ1) is 19.9. The predicted molar refractivity (Wildman–Crippen MR) is 112 cm³/mol. The van der Waals surface area contributed by atoms with E-state index in [0.29, 0.717) is 19.7 Å². The Bertz CT molecular complexity index is 817. The van der Waals surface area contributed by atoms with Crippen LogP contribution < -0.4 is 4.90 Å². The van der Waals surface area contributed by atoms with Crippen LogP contribution in [0.25, 0.3) is 0 Å². The monoisotopic (exact) mass is 397 g/mol. The molecule has 2 aliphatic rings. The molecule has 2 aromatic carbocycles. The van der Waals surface area contributed by atoms with Crippen molar-refractivity contribution in [2.75, 3.05) is 57.3 Å². The molecular weight excluding hydrogens is 369 g/mol. The first-order valence-electron chi connectivity index (χ1n) is 10.3. The second kappa shape index (κ2) is 8.93. The third-order valence-corrected chi connectivity index (χ3v) is 5.75. The Morgan fingerprint density at radius 3 is 2.38 bits per heavy atom. The second-order valence-electron chi connectivity index (χ2n) is 7.87. The summed E-state index contributed by atoms with van der Waals surface area (Å²) in [4.78, 5) is 19.4. The number of hydrogen-bond donors (Lipinski definition) is 0. The molecule has 1 atom stereocenters. The minimum absolute atomic E-state index is 0.0375. The second-order valence-corrected chi connectivity index (χ2v) is 7.87. The number of ether oxygens (including phenoxy) is 1. The topological polar surface area (TPSA) is 36.0 Å². The van der Waals surface area contributed by atoms with Gasteiger partial charge in [0.1, 0.15) is 5.82 Å². The van der Waals surface area contributed by atoms with Crippen LogP contribution in [0.1, 0.15) is 15.9 Å². The average molecular weight is 397 g/mol. The van der Waals surface area contributed by atoms with Crippen LogP contribution in [-0.2, 0) is 4.74 Å². The summed E-state index contributed by atoms with van der Waals surface area (Å²) >= 11 is 0. The molecule has 0 bridgehead atoms. The zero-order valence-electron chi connectivity index (χ0n) is 16.9. The summed E-state index contributed by atoms with van der Waals surface area (Å²) in [6, 6.07) is 14.5. The van der Waals surface area contributed by atoms with Gasteiger partial charge in [0.2, 0.25) is 0 Å². The molecular formula is C23H28FN3O2. The third kappa shape index (κ3) is 4.95. The first-order valence-corrected chi connectivity index (χ1v) is 10.3. The summed E-state index contributed by atoms with van der Waals surface area (Å²) in [6.07, 6.45) is 0.0375. The number of benzene rings is 2. The molecule has 0 aromatic heterocycles. The zero-order valence-corrected chi connectivity index (χ0v) is 16.9. The van der Waals surface area contributed by atoms with Gasteiger partial charge in [-0.05, 0) is 43.3 Å². The van der Waals surface area contributed by atoms with E-state index in [9.17, 15) is 9.18 Å². The predicted octanol–water partition coefficient (Wildman–Crippen LogP) is 2.80. The van der Waals surface area contributed by atoms with Gasteiger partial charge in [-0.1, -0.05) is 17.7 Å². The SMILES string of the molecule is Cc1ccc(C(=O)N2CCOC(CN3CCN(c4ccc(F)cc4)CC3)C2)cc1. The van der Waals surface area contributed by atoms with Gasteiger partial charge in [-0.2, -0.15) is 0 Å². The molecule has 5 nitrogen and oxygen atoms in total. The molecule has 1 amide bonds. The van der Waals surface area contributed by atoms with Gasteiger partial charge in [-0.25, -0.2) is 4.39 Å².